The van der Waals surface area contributed by atoms with Gasteiger partial charge in [0.05, 0.1) is 5.56 Å². The van der Waals surface area contributed by atoms with Crippen molar-refractivity contribution in [1.29, 1.82) is 16.1 Å². The van der Waals surface area contributed by atoms with Crippen LogP contribution in [0.15, 0.2) is 72.9 Å². The lowest BCUT2D eigenvalue weighted by Gasteiger charge is -2.25. The van der Waals surface area contributed by atoms with Gasteiger partial charge >= 0.3 is 0 Å². The van der Waals surface area contributed by atoms with Gasteiger partial charge in [-0.3, -0.25) is 5.41 Å². The Hall–Kier alpha value is -3.98. The molecular weight excluding hydrogens is 396 g/mol. The van der Waals surface area contributed by atoms with Gasteiger partial charge in [0.25, 0.3) is 0 Å². The fourth-order valence-corrected chi connectivity index (χ4v) is 4.03. The fraction of sp³-hybridized carbons (Fsp3) is 0.231. The number of hydrogen-bond donors (Lipinski definition) is 2. The van der Waals surface area contributed by atoms with Crippen LogP contribution in [0.5, 0.6) is 0 Å². The van der Waals surface area contributed by atoms with Gasteiger partial charge in [0.15, 0.2) is 0 Å². The van der Waals surface area contributed by atoms with Crippen LogP contribution in [0.4, 0.5) is 5.82 Å². The van der Waals surface area contributed by atoms with Crippen molar-refractivity contribution in [1.82, 2.24) is 9.88 Å². The van der Waals surface area contributed by atoms with E-state index in [0.717, 1.165) is 48.6 Å². The topological polar surface area (TPSA) is 90.9 Å². The minimum Gasteiger partial charge on any atom is -0.355 e. The highest BCUT2D eigenvalue weighted by Crippen LogP contribution is 2.19. The summed E-state index contributed by atoms with van der Waals surface area (Å²) in [6.07, 6.45) is 3.06. The zero-order valence-corrected chi connectivity index (χ0v) is 18.0. The Balaban J connectivity index is 1.47. The number of nitrogens with zero attached hydrogens (tertiary/aromatic N) is 4. The van der Waals surface area contributed by atoms with Crippen LogP contribution in [0.2, 0.25) is 0 Å². The molecule has 6 heteroatoms. The van der Waals surface area contributed by atoms with Crippen molar-refractivity contribution in [3.63, 3.8) is 0 Å². The van der Waals surface area contributed by atoms with Gasteiger partial charge in [-0.1, -0.05) is 54.6 Å². The molecule has 2 heterocycles. The molecule has 2 aromatic carbocycles. The molecular formula is C26H26N6. The Morgan fingerprint density at radius 2 is 1.62 bits per heavy atom. The molecule has 1 fully saturated rings. The number of nitrogens with one attached hydrogen (secondary N) is 2. The van der Waals surface area contributed by atoms with Gasteiger partial charge in [-0.25, -0.2) is 4.98 Å². The van der Waals surface area contributed by atoms with E-state index >= 15 is 0 Å². The van der Waals surface area contributed by atoms with Crippen molar-refractivity contribution in [3.05, 3.63) is 95.2 Å². The smallest absolute Gasteiger partial charge is 0.128 e. The minimum atomic E-state index is 0.466. The first-order valence-electron chi connectivity index (χ1n) is 10.8. The van der Waals surface area contributed by atoms with E-state index in [1.807, 2.05) is 60.7 Å². The Morgan fingerprint density at radius 3 is 2.34 bits per heavy atom. The van der Waals surface area contributed by atoms with Crippen LogP contribution in [-0.2, 0) is 6.42 Å². The molecule has 0 spiro atoms. The first-order valence-corrected chi connectivity index (χ1v) is 10.8. The summed E-state index contributed by atoms with van der Waals surface area (Å²) in [6.45, 7) is 3.10. The van der Waals surface area contributed by atoms with Crippen LogP contribution < -0.4 is 4.90 Å². The standard InChI is InChI=1S/C26H26N6/c27-18-21-11-12-25(30-19-21)31-13-6-14-32(16-15-31)26(29)23-10-5-4-9-22(23)24(28)17-20-7-2-1-3-8-20/h1-5,7-12,19,28-29H,6,13-17H2. The summed E-state index contributed by atoms with van der Waals surface area (Å²) in [5, 5.41) is 26.6. The molecule has 32 heavy (non-hydrogen) atoms. The molecule has 0 atom stereocenters. The van der Waals surface area contributed by atoms with E-state index in [-0.39, 0.29) is 0 Å². The van der Waals surface area contributed by atoms with E-state index in [1.54, 1.807) is 12.3 Å². The maximum atomic E-state index is 8.98. The van der Waals surface area contributed by atoms with E-state index < -0.39 is 0 Å². The Labute approximate surface area is 188 Å². The maximum absolute atomic E-state index is 8.98. The van der Waals surface area contributed by atoms with E-state index in [4.69, 9.17) is 16.1 Å². The average molecular weight is 423 g/mol. The van der Waals surface area contributed by atoms with Crippen molar-refractivity contribution in [2.75, 3.05) is 31.1 Å². The average Bonchev–Trinajstić information content (AvgIpc) is 3.11. The molecule has 0 bridgehead atoms. The largest absolute Gasteiger partial charge is 0.355 e. The molecule has 4 rings (SSSR count). The zero-order valence-electron chi connectivity index (χ0n) is 18.0. The molecule has 6 nitrogen and oxygen atoms in total. The normalized spacial score (nSPS) is 13.8. The molecule has 0 radical (unpaired) electrons. The van der Waals surface area contributed by atoms with Crippen molar-refractivity contribution in [2.24, 2.45) is 0 Å². The first-order chi connectivity index (χ1) is 15.7. The van der Waals surface area contributed by atoms with E-state index in [9.17, 15) is 0 Å². The lowest BCUT2D eigenvalue weighted by atomic mass is 9.97. The summed E-state index contributed by atoms with van der Waals surface area (Å²) < 4.78 is 0. The van der Waals surface area contributed by atoms with Gasteiger partial charge in [0.1, 0.15) is 17.7 Å². The SMILES string of the molecule is N#Cc1ccc(N2CCCN(C(=N)c3ccccc3C(=N)Cc3ccccc3)CC2)nc1. The zero-order chi connectivity index (χ0) is 22.3. The Kier molecular flexibility index (Phi) is 6.57. The van der Waals surface area contributed by atoms with Crippen LogP contribution in [0.3, 0.4) is 0 Å². The second kappa shape index (κ2) is 9.88. The lowest BCUT2D eigenvalue weighted by Crippen LogP contribution is -2.36. The third-order valence-electron chi connectivity index (χ3n) is 5.74. The van der Waals surface area contributed by atoms with Crippen molar-refractivity contribution >= 4 is 17.4 Å². The third-order valence-corrected chi connectivity index (χ3v) is 5.74. The van der Waals surface area contributed by atoms with Crippen LogP contribution in [0, 0.1) is 22.1 Å². The Morgan fingerprint density at radius 1 is 0.875 bits per heavy atom. The van der Waals surface area contributed by atoms with E-state index in [0.29, 0.717) is 30.1 Å². The molecule has 160 valence electrons. The van der Waals surface area contributed by atoms with Crippen molar-refractivity contribution in [3.8, 4) is 6.07 Å². The molecule has 1 saturated heterocycles. The molecule has 0 unspecified atom stereocenters. The van der Waals surface area contributed by atoms with Crippen LogP contribution >= 0.6 is 0 Å². The number of aromatic nitrogens is 1. The Bertz CT molecular complexity index is 1130. The summed E-state index contributed by atoms with van der Waals surface area (Å²) in [7, 11) is 0. The highest BCUT2D eigenvalue weighted by Gasteiger charge is 2.21. The highest BCUT2D eigenvalue weighted by molar-refractivity contribution is 6.10. The van der Waals surface area contributed by atoms with Gasteiger partial charge in [-0.05, 0) is 24.1 Å². The van der Waals surface area contributed by atoms with Gasteiger partial charge in [0, 0.05) is 55.6 Å². The van der Waals surface area contributed by atoms with Crippen LogP contribution in [0.25, 0.3) is 0 Å². The van der Waals surface area contributed by atoms with Crippen molar-refractivity contribution < 1.29 is 0 Å². The monoisotopic (exact) mass is 422 g/mol. The number of anilines is 1. The van der Waals surface area contributed by atoms with Gasteiger partial charge in [-0.15, -0.1) is 0 Å². The number of nitriles is 1. The predicted molar refractivity (Wildman–Crippen MR) is 128 cm³/mol. The number of amidine groups is 1. The minimum absolute atomic E-state index is 0.466. The lowest BCUT2D eigenvalue weighted by molar-refractivity contribution is 0.446. The van der Waals surface area contributed by atoms with Gasteiger partial charge in [0.2, 0.25) is 0 Å². The summed E-state index contributed by atoms with van der Waals surface area (Å²) in [6, 6.07) is 23.6. The predicted octanol–water partition coefficient (Wildman–Crippen LogP) is 4.10. The third kappa shape index (κ3) is 4.84. The molecule has 1 aliphatic rings. The molecule has 0 amide bonds. The summed E-state index contributed by atoms with van der Waals surface area (Å²) >= 11 is 0. The number of hydrogen-bond acceptors (Lipinski definition) is 5. The summed E-state index contributed by atoms with van der Waals surface area (Å²) in [5.41, 5.74) is 3.80. The quantitative estimate of drug-likeness (QED) is 0.478. The summed E-state index contributed by atoms with van der Waals surface area (Å²) in [5.74, 6) is 1.33. The molecule has 3 aromatic rings. The first kappa shape index (κ1) is 21.3. The van der Waals surface area contributed by atoms with Gasteiger partial charge < -0.3 is 15.2 Å². The highest BCUT2D eigenvalue weighted by atomic mass is 15.3. The van der Waals surface area contributed by atoms with E-state index in [1.165, 1.54) is 0 Å². The summed E-state index contributed by atoms with van der Waals surface area (Å²) in [4.78, 5) is 8.72. The molecule has 2 N–H and O–H groups in total. The molecule has 1 aromatic heterocycles. The molecule has 1 aliphatic heterocycles. The second-order valence-electron chi connectivity index (χ2n) is 7.88. The number of rotatable bonds is 5. The van der Waals surface area contributed by atoms with Crippen LogP contribution in [-0.4, -0.2) is 47.6 Å². The number of benzene rings is 2. The molecule has 0 aliphatic carbocycles. The number of pyridine rings is 1. The van der Waals surface area contributed by atoms with E-state index in [2.05, 4.69) is 20.9 Å². The van der Waals surface area contributed by atoms with Crippen molar-refractivity contribution in [2.45, 2.75) is 12.8 Å². The van der Waals surface area contributed by atoms with Crippen LogP contribution in [0.1, 0.15) is 28.7 Å². The second-order valence-corrected chi connectivity index (χ2v) is 7.88. The fourth-order valence-electron chi connectivity index (χ4n) is 4.03. The van der Waals surface area contributed by atoms with Gasteiger partial charge in [-0.2, -0.15) is 5.26 Å². The molecule has 0 saturated carbocycles. The maximum Gasteiger partial charge on any atom is 0.128 e.